The molecule has 0 unspecified atom stereocenters. The van der Waals surface area contributed by atoms with Crippen molar-refractivity contribution in [1.29, 1.82) is 0 Å². The normalized spacial score (nSPS) is 15.7. The number of carboxylic acid groups (broad SMARTS) is 1. The lowest BCUT2D eigenvalue weighted by atomic mass is 10.4. The van der Waals surface area contributed by atoms with Crippen LogP contribution in [0.1, 0.15) is 29.5 Å². The van der Waals surface area contributed by atoms with Gasteiger partial charge in [0.15, 0.2) is 5.65 Å². The van der Waals surface area contributed by atoms with Gasteiger partial charge in [0.25, 0.3) is 0 Å². The molecule has 1 aliphatic rings. The lowest BCUT2D eigenvalue weighted by Gasteiger charge is -1.99. The van der Waals surface area contributed by atoms with Crippen LogP contribution in [0.3, 0.4) is 0 Å². The summed E-state index contributed by atoms with van der Waals surface area (Å²) in [5.41, 5.74) is 0.616. The molecule has 1 fully saturated rings. The van der Waals surface area contributed by atoms with Crippen LogP contribution in [-0.2, 0) is 0 Å². The van der Waals surface area contributed by atoms with Crippen molar-refractivity contribution < 1.29 is 9.90 Å². The van der Waals surface area contributed by atoms with E-state index in [0.717, 1.165) is 18.2 Å². The Kier molecular flexibility index (Phi) is 1.53. The van der Waals surface area contributed by atoms with Crippen molar-refractivity contribution >= 4 is 17.0 Å². The summed E-state index contributed by atoms with van der Waals surface area (Å²) in [7, 11) is 0. The van der Waals surface area contributed by atoms with Gasteiger partial charge in [-0.25, -0.2) is 19.4 Å². The van der Waals surface area contributed by atoms with Crippen LogP contribution in [0.25, 0.3) is 11.0 Å². The van der Waals surface area contributed by atoms with Crippen LogP contribution in [0.15, 0.2) is 12.4 Å². The van der Waals surface area contributed by atoms with E-state index in [0.29, 0.717) is 11.7 Å². The van der Waals surface area contributed by atoms with Gasteiger partial charge in [0.05, 0.1) is 17.6 Å². The number of carbonyl (C=O) groups is 1. The number of nitrogens with zero attached hydrogens (tertiary/aromatic N) is 4. The third kappa shape index (κ3) is 1.25. The van der Waals surface area contributed by atoms with E-state index in [1.54, 1.807) is 10.9 Å². The molecule has 2 aromatic heterocycles. The summed E-state index contributed by atoms with van der Waals surface area (Å²) in [4.78, 5) is 18.4. The average molecular weight is 204 g/mol. The van der Waals surface area contributed by atoms with Crippen LogP contribution < -0.4 is 0 Å². The van der Waals surface area contributed by atoms with Crippen LogP contribution >= 0.6 is 0 Å². The highest BCUT2D eigenvalue weighted by atomic mass is 16.4. The summed E-state index contributed by atoms with van der Waals surface area (Å²) in [6.07, 6.45) is 5.34. The fourth-order valence-electron chi connectivity index (χ4n) is 1.53. The van der Waals surface area contributed by atoms with Gasteiger partial charge in [-0.3, -0.25) is 0 Å². The molecule has 15 heavy (non-hydrogen) atoms. The van der Waals surface area contributed by atoms with Crippen LogP contribution in [0.5, 0.6) is 0 Å². The molecule has 0 aliphatic heterocycles. The van der Waals surface area contributed by atoms with Crippen molar-refractivity contribution in [3.63, 3.8) is 0 Å². The number of aromatic carboxylic acids is 1. The van der Waals surface area contributed by atoms with E-state index in [-0.39, 0.29) is 5.82 Å². The molecule has 0 saturated heterocycles. The molecule has 76 valence electrons. The van der Waals surface area contributed by atoms with E-state index >= 15 is 0 Å². The Labute approximate surface area is 84.6 Å². The highest BCUT2D eigenvalue weighted by Crippen LogP contribution is 2.35. The molecule has 0 spiro atoms. The zero-order valence-corrected chi connectivity index (χ0v) is 7.79. The Balaban J connectivity index is 2.21. The summed E-state index contributed by atoms with van der Waals surface area (Å²) in [6, 6.07) is 0.388. The molecular weight excluding hydrogens is 196 g/mol. The molecule has 1 saturated carbocycles. The lowest BCUT2D eigenvalue weighted by Crippen LogP contribution is -2.05. The molecule has 3 rings (SSSR count). The predicted octanol–water partition coefficient (Wildman–Crippen LogP) is 0.859. The molecule has 0 atom stereocenters. The van der Waals surface area contributed by atoms with Crippen molar-refractivity contribution in [3.05, 3.63) is 18.2 Å². The van der Waals surface area contributed by atoms with E-state index in [1.807, 2.05) is 0 Å². The van der Waals surface area contributed by atoms with Crippen molar-refractivity contribution in [3.8, 4) is 0 Å². The second kappa shape index (κ2) is 2.75. The minimum Gasteiger partial charge on any atom is -0.475 e. The number of fused-ring (bicyclic) bond motifs is 1. The summed E-state index contributed by atoms with van der Waals surface area (Å²) in [6.45, 7) is 0. The van der Waals surface area contributed by atoms with E-state index < -0.39 is 5.97 Å². The minimum atomic E-state index is -1.11. The fraction of sp³-hybridized carbons (Fsp3) is 0.333. The highest BCUT2D eigenvalue weighted by Gasteiger charge is 2.26. The second-order valence-corrected chi connectivity index (χ2v) is 3.60. The van der Waals surface area contributed by atoms with Crippen molar-refractivity contribution in [2.45, 2.75) is 18.9 Å². The van der Waals surface area contributed by atoms with Gasteiger partial charge in [-0.2, -0.15) is 5.10 Å². The van der Waals surface area contributed by atoms with E-state index in [2.05, 4.69) is 15.1 Å². The minimum absolute atomic E-state index is 0.176. The van der Waals surface area contributed by atoms with Gasteiger partial charge in [0.1, 0.15) is 0 Å². The van der Waals surface area contributed by atoms with Gasteiger partial charge in [-0.05, 0) is 12.8 Å². The SMILES string of the molecule is O=C(O)c1ncc2cnn(C3CC3)c2n1. The summed E-state index contributed by atoms with van der Waals surface area (Å²) in [5, 5.41) is 13.7. The first-order chi connectivity index (χ1) is 7.25. The summed E-state index contributed by atoms with van der Waals surface area (Å²) in [5.74, 6) is -1.29. The van der Waals surface area contributed by atoms with Gasteiger partial charge in [0.2, 0.25) is 5.82 Å². The van der Waals surface area contributed by atoms with Crippen molar-refractivity contribution in [2.24, 2.45) is 0 Å². The molecule has 1 aliphatic carbocycles. The first kappa shape index (κ1) is 8.34. The second-order valence-electron chi connectivity index (χ2n) is 3.60. The van der Waals surface area contributed by atoms with Crippen molar-refractivity contribution in [1.82, 2.24) is 19.7 Å². The number of rotatable bonds is 2. The Hall–Kier alpha value is -1.98. The zero-order valence-electron chi connectivity index (χ0n) is 7.79. The molecule has 2 heterocycles. The first-order valence-corrected chi connectivity index (χ1v) is 4.69. The molecule has 1 N–H and O–H groups in total. The van der Waals surface area contributed by atoms with E-state index in [1.165, 1.54) is 6.20 Å². The molecule has 0 amide bonds. The Morgan fingerprint density at radius 3 is 2.93 bits per heavy atom. The van der Waals surface area contributed by atoms with Crippen LogP contribution in [0.2, 0.25) is 0 Å². The van der Waals surface area contributed by atoms with E-state index in [4.69, 9.17) is 5.11 Å². The summed E-state index contributed by atoms with van der Waals surface area (Å²) >= 11 is 0. The summed E-state index contributed by atoms with van der Waals surface area (Å²) < 4.78 is 1.78. The smallest absolute Gasteiger partial charge is 0.374 e. The first-order valence-electron chi connectivity index (χ1n) is 4.69. The Morgan fingerprint density at radius 2 is 2.27 bits per heavy atom. The quantitative estimate of drug-likeness (QED) is 0.784. The number of carboxylic acids is 1. The lowest BCUT2D eigenvalue weighted by molar-refractivity contribution is 0.0684. The number of hydrogen-bond donors (Lipinski definition) is 1. The van der Waals surface area contributed by atoms with Gasteiger partial charge in [-0.1, -0.05) is 0 Å². The molecule has 6 nitrogen and oxygen atoms in total. The molecule has 0 radical (unpaired) electrons. The van der Waals surface area contributed by atoms with Gasteiger partial charge in [0, 0.05) is 6.20 Å². The largest absolute Gasteiger partial charge is 0.475 e. The van der Waals surface area contributed by atoms with Crippen molar-refractivity contribution in [2.75, 3.05) is 0 Å². The molecular formula is C9H8N4O2. The maximum Gasteiger partial charge on any atom is 0.374 e. The average Bonchev–Trinajstić information content (AvgIpc) is 2.98. The third-order valence-corrected chi connectivity index (χ3v) is 2.42. The number of hydrogen-bond acceptors (Lipinski definition) is 4. The topological polar surface area (TPSA) is 80.9 Å². The number of aromatic nitrogens is 4. The Morgan fingerprint density at radius 1 is 1.47 bits per heavy atom. The maximum absolute atomic E-state index is 10.7. The van der Waals surface area contributed by atoms with Crippen LogP contribution in [0, 0.1) is 0 Å². The fourth-order valence-corrected chi connectivity index (χ4v) is 1.53. The molecule has 0 bridgehead atoms. The standard InChI is InChI=1S/C9H8N4O2/c14-9(15)7-10-3-5-4-11-13(6-1-2-6)8(5)12-7/h3-4,6H,1-2H2,(H,14,15). The Bertz CT molecular complexity index is 544. The van der Waals surface area contributed by atoms with Gasteiger partial charge < -0.3 is 5.11 Å². The molecule has 6 heteroatoms. The zero-order chi connectivity index (χ0) is 10.4. The molecule has 0 aromatic carbocycles. The predicted molar refractivity (Wildman–Crippen MR) is 50.6 cm³/mol. The van der Waals surface area contributed by atoms with E-state index in [9.17, 15) is 4.79 Å². The monoisotopic (exact) mass is 204 g/mol. The van der Waals surface area contributed by atoms with Gasteiger partial charge >= 0.3 is 5.97 Å². The van der Waals surface area contributed by atoms with Gasteiger partial charge in [-0.15, -0.1) is 0 Å². The third-order valence-electron chi connectivity index (χ3n) is 2.42. The highest BCUT2D eigenvalue weighted by molar-refractivity contribution is 5.86. The van der Waals surface area contributed by atoms with Crippen LogP contribution in [0.4, 0.5) is 0 Å². The maximum atomic E-state index is 10.7. The van der Waals surface area contributed by atoms with Crippen LogP contribution in [-0.4, -0.2) is 30.8 Å². The molecule has 2 aromatic rings.